The minimum Gasteiger partial charge on any atom is -0.481 e. The lowest BCUT2D eigenvalue weighted by Crippen LogP contribution is -2.46. The highest BCUT2D eigenvalue weighted by molar-refractivity contribution is 7.85. The van der Waals surface area contributed by atoms with Crippen LogP contribution >= 0.6 is 0 Å². The second kappa shape index (κ2) is 7.86. The number of allylic oxidation sites excluding steroid dienone is 1. The highest BCUT2D eigenvalue weighted by Crippen LogP contribution is 2.43. The average molecular weight is 530 g/mol. The van der Waals surface area contributed by atoms with Gasteiger partial charge in [-0.1, -0.05) is 19.2 Å². The maximum Gasteiger partial charge on any atom is 0.307 e. The molecule has 4 aliphatic rings. The second-order valence-electron chi connectivity index (χ2n) is 10.3. The number of carbonyl (C=O) groups is 1. The molecule has 0 saturated heterocycles. The third kappa shape index (κ3) is 3.25. The summed E-state index contributed by atoms with van der Waals surface area (Å²) in [5, 5.41) is 12.0. The number of nitrogens with zero attached hydrogens (tertiary/aromatic N) is 2. The number of hydrogen-bond acceptors (Lipinski definition) is 4. The van der Waals surface area contributed by atoms with Crippen molar-refractivity contribution < 1.29 is 32.2 Å². The van der Waals surface area contributed by atoms with Gasteiger partial charge in [0.15, 0.2) is 6.54 Å². The van der Waals surface area contributed by atoms with Crippen LogP contribution in [-0.4, -0.2) is 57.7 Å². The zero-order valence-corrected chi connectivity index (χ0v) is 21.3. The van der Waals surface area contributed by atoms with Crippen LogP contribution in [0.2, 0.25) is 0 Å². The van der Waals surface area contributed by atoms with E-state index in [1.807, 2.05) is 18.2 Å². The summed E-state index contributed by atoms with van der Waals surface area (Å²) in [5.41, 5.74) is 6.98. The van der Waals surface area contributed by atoms with Crippen LogP contribution < -0.4 is 10.6 Å². The predicted molar refractivity (Wildman–Crippen MR) is 143 cm³/mol. The van der Waals surface area contributed by atoms with E-state index in [0.29, 0.717) is 17.7 Å². The van der Waals surface area contributed by atoms with E-state index in [-0.39, 0.29) is 23.5 Å². The number of fused-ring (bicyclic) bond motifs is 8. The van der Waals surface area contributed by atoms with Crippen molar-refractivity contribution in [2.24, 2.45) is 0 Å². The van der Waals surface area contributed by atoms with Gasteiger partial charge in [-0.25, -0.2) is 0 Å². The molecule has 0 saturated carbocycles. The molecule has 2 unspecified atom stereocenters. The molecular weight excluding hydrogens is 504 g/mol. The Morgan fingerprint density at radius 2 is 1.95 bits per heavy atom. The normalized spacial score (nSPS) is 22.0. The summed E-state index contributed by atoms with van der Waals surface area (Å²) in [7, 11) is -4.34. The van der Waals surface area contributed by atoms with Gasteiger partial charge in [0.1, 0.15) is 0 Å². The number of aromatic nitrogens is 1. The van der Waals surface area contributed by atoms with Crippen LogP contribution in [0.25, 0.3) is 28.6 Å². The molecular formula is C29H25N2O6S+. The Balaban J connectivity index is 1.42. The quantitative estimate of drug-likeness (QED) is 0.399. The van der Waals surface area contributed by atoms with E-state index in [0.717, 1.165) is 69.0 Å². The largest absolute Gasteiger partial charge is 0.481 e. The molecule has 3 aromatic rings. The molecule has 0 amide bonds. The average Bonchev–Trinajstić information content (AvgIpc) is 3.33. The monoisotopic (exact) mass is 529 g/mol. The number of aryl methyl sites for hydroxylation is 1. The lowest BCUT2D eigenvalue weighted by molar-refractivity contribution is -0.443. The third-order valence-electron chi connectivity index (χ3n) is 8.14. The van der Waals surface area contributed by atoms with Gasteiger partial charge in [0.2, 0.25) is 11.4 Å². The highest BCUT2D eigenvalue weighted by atomic mass is 32.2. The van der Waals surface area contributed by atoms with Crippen LogP contribution in [0.3, 0.4) is 0 Å². The zero-order chi connectivity index (χ0) is 26.5. The summed E-state index contributed by atoms with van der Waals surface area (Å²) in [5.74, 6) is -0.870. The van der Waals surface area contributed by atoms with Crippen LogP contribution in [0.5, 0.6) is 0 Å². The Morgan fingerprint density at radius 3 is 2.71 bits per heavy atom. The van der Waals surface area contributed by atoms with Crippen LogP contribution in [0.1, 0.15) is 24.0 Å². The molecule has 0 radical (unpaired) electrons. The molecule has 192 valence electrons. The van der Waals surface area contributed by atoms with E-state index in [4.69, 9.17) is 4.74 Å². The Morgan fingerprint density at radius 1 is 1.13 bits per heavy atom. The molecule has 7 rings (SSSR count). The van der Waals surface area contributed by atoms with Crippen molar-refractivity contribution in [1.29, 1.82) is 0 Å². The van der Waals surface area contributed by atoms with Gasteiger partial charge in [-0.2, -0.15) is 13.0 Å². The lowest BCUT2D eigenvalue weighted by atomic mass is 9.86. The molecule has 2 N–H and O–H groups in total. The lowest BCUT2D eigenvalue weighted by Gasteiger charge is -2.35. The Labute approximate surface area is 218 Å². The minimum absolute atomic E-state index is 0.0416. The van der Waals surface area contributed by atoms with Gasteiger partial charge >= 0.3 is 5.97 Å². The van der Waals surface area contributed by atoms with Crippen molar-refractivity contribution in [3.8, 4) is 0 Å². The van der Waals surface area contributed by atoms with Gasteiger partial charge in [-0.05, 0) is 42.3 Å². The molecule has 4 aliphatic heterocycles. The number of carboxylic acid groups (broad SMARTS) is 1. The van der Waals surface area contributed by atoms with Gasteiger partial charge in [0.05, 0.1) is 45.6 Å². The first-order valence-corrected chi connectivity index (χ1v) is 13.9. The Bertz CT molecular complexity index is 1930. The minimum atomic E-state index is -4.34. The fourth-order valence-electron chi connectivity index (χ4n) is 6.52. The van der Waals surface area contributed by atoms with Crippen molar-refractivity contribution in [2.45, 2.75) is 42.9 Å². The topological polar surface area (TPSA) is 109 Å². The molecule has 0 bridgehead atoms. The van der Waals surface area contributed by atoms with Crippen molar-refractivity contribution >= 4 is 56.1 Å². The molecule has 38 heavy (non-hydrogen) atoms. The number of hydrogen-bond donors (Lipinski definition) is 2. The van der Waals surface area contributed by atoms with Crippen LogP contribution in [0.15, 0.2) is 59.5 Å². The molecule has 9 heteroatoms. The van der Waals surface area contributed by atoms with E-state index < -0.39 is 16.1 Å². The van der Waals surface area contributed by atoms with E-state index in [1.165, 1.54) is 12.1 Å². The summed E-state index contributed by atoms with van der Waals surface area (Å²) >= 11 is 0. The summed E-state index contributed by atoms with van der Waals surface area (Å²) < 4.78 is 44.2. The zero-order valence-electron chi connectivity index (χ0n) is 20.5. The van der Waals surface area contributed by atoms with Crippen LogP contribution in [-0.2, 0) is 32.6 Å². The summed E-state index contributed by atoms with van der Waals surface area (Å²) in [6.07, 6.45) is 3.58. The summed E-state index contributed by atoms with van der Waals surface area (Å²) in [6.45, 7) is 10.2. The molecule has 2 atom stereocenters. The molecule has 0 fully saturated rings. The van der Waals surface area contributed by atoms with Gasteiger partial charge in [-0.3, -0.25) is 9.35 Å². The van der Waals surface area contributed by atoms with Gasteiger partial charge < -0.3 is 14.4 Å². The smallest absolute Gasteiger partial charge is 0.307 e. The van der Waals surface area contributed by atoms with Crippen molar-refractivity contribution in [3.63, 3.8) is 0 Å². The van der Waals surface area contributed by atoms with E-state index in [1.54, 1.807) is 6.07 Å². The second-order valence-corrected chi connectivity index (χ2v) is 11.7. The van der Waals surface area contributed by atoms with Crippen molar-refractivity contribution in [1.82, 2.24) is 4.57 Å². The van der Waals surface area contributed by atoms with Gasteiger partial charge in [-0.15, -0.1) is 0 Å². The number of ether oxygens (including phenoxy) is 1. The molecule has 5 heterocycles. The van der Waals surface area contributed by atoms with Crippen molar-refractivity contribution in [3.05, 3.63) is 76.3 Å². The SMILES string of the molecule is C=C1C2=[N+](CCC3OC4CCn5c(c(=C)c6cc(CC(=O)O)ccc65)=C4C=C23)c2ccc(S(=O)(=O)O)cc21. The molecule has 0 spiro atoms. The predicted octanol–water partition coefficient (Wildman–Crippen LogP) is 2.39. The standard InChI is InChI=1S/C29H24N2O6S/c1-15-19-11-17(12-27(32)33)3-5-23(19)30-9-7-25-21(28(15)30)14-22-26(37-25)8-10-31-24-6-4-18(38(34,35)36)13-20(24)16(2)29(22)31/h3-6,11,13-14,25-26H,1-2,7-10,12H2,(H-,32,33,34,35,36)/p+1. The molecule has 8 nitrogen and oxygen atoms in total. The highest BCUT2D eigenvalue weighted by Gasteiger charge is 2.46. The molecule has 2 aromatic carbocycles. The maximum absolute atomic E-state index is 11.8. The fraction of sp³-hybridized carbons (Fsp3) is 0.241. The molecule has 1 aromatic heterocycles. The third-order valence-corrected chi connectivity index (χ3v) is 8.99. The Hall–Kier alpha value is -3.79. The Kier molecular flexibility index (Phi) is 4.83. The number of rotatable bonds is 3. The summed E-state index contributed by atoms with van der Waals surface area (Å²) in [4.78, 5) is 11.1. The first-order chi connectivity index (χ1) is 18.1. The maximum atomic E-state index is 11.8. The number of carboxylic acids is 1. The van der Waals surface area contributed by atoms with Crippen LogP contribution in [0, 0.1) is 0 Å². The van der Waals surface area contributed by atoms with Gasteiger partial charge in [0, 0.05) is 40.7 Å². The van der Waals surface area contributed by atoms with Crippen LogP contribution in [0.4, 0.5) is 5.69 Å². The summed E-state index contributed by atoms with van der Waals surface area (Å²) in [6, 6.07) is 10.4. The van der Waals surface area contributed by atoms with E-state index >= 15 is 0 Å². The number of aliphatic carboxylic acids is 1. The number of benzene rings is 2. The van der Waals surface area contributed by atoms with E-state index in [2.05, 4.69) is 28.4 Å². The molecule has 0 aliphatic carbocycles. The first kappa shape index (κ1) is 23.3. The van der Waals surface area contributed by atoms with E-state index in [9.17, 15) is 22.9 Å². The fourth-order valence-corrected chi connectivity index (χ4v) is 7.03. The van der Waals surface area contributed by atoms with Crippen molar-refractivity contribution in [2.75, 3.05) is 6.54 Å². The first-order valence-electron chi connectivity index (χ1n) is 12.5. The van der Waals surface area contributed by atoms with Gasteiger partial charge in [0.25, 0.3) is 10.1 Å².